The van der Waals surface area contributed by atoms with E-state index in [4.69, 9.17) is 0 Å². The molecule has 1 fully saturated rings. The molecule has 218 valence electrons. The minimum atomic E-state index is -0.437. The monoisotopic (exact) mass is 572 g/mol. The fourth-order valence-electron chi connectivity index (χ4n) is 5.18. The Balaban J connectivity index is 1.12. The van der Waals surface area contributed by atoms with Gasteiger partial charge in [0, 0.05) is 31.5 Å². The summed E-state index contributed by atoms with van der Waals surface area (Å²) in [5.74, 6) is -0.0734. The number of hydrogen-bond donors (Lipinski definition) is 2. The van der Waals surface area contributed by atoms with E-state index in [0.29, 0.717) is 31.6 Å². The van der Waals surface area contributed by atoms with Crippen molar-refractivity contribution in [1.29, 1.82) is 0 Å². The number of urea groups is 1. The number of nitrogens with zero attached hydrogens (tertiary/aromatic N) is 2. The first-order valence-electron chi connectivity index (χ1n) is 14.5. The van der Waals surface area contributed by atoms with Crippen LogP contribution in [0.3, 0.4) is 0 Å². The molecule has 0 saturated carbocycles. The number of rotatable bonds is 9. The van der Waals surface area contributed by atoms with Gasteiger partial charge in [0.2, 0.25) is 11.8 Å². The Morgan fingerprint density at radius 3 is 2.00 bits per heavy atom. The lowest BCUT2D eigenvalue weighted by Crippen LogP contribution is -2.47. The third-order valence-corrected chi connectivity index (χ3v) is 7.60. The Morgan fingerprint density at radius 2 is 1.37 bits per heavy atom. The van der Waals surface area contributed by atoms with Gasteiger partial charge in [0.1, 0.15) is 6.04 Å². The molecular weight excluding hydrogens is 536 g/mol. The molecule has 1 saturated heterocycles. The van der Waals surface area contributed by atoms with Crippen LogP contribution in [0.5, 0.6) is 0 Å². The van der Waals surface area contributed by atoms with E-state index in [1.165, 1.54) is 0 Å². The summed E-state index contributed by atoms with van der Waals surface area (Å²) >= 11 is 0. The lowest BCUT2D eigenvalue weighted by Gasteiger charge is -2.28. The second-order valence-corrected chi connectivity index (χ2v) is 10.6. The summed E-state index contributed by atoms with van der Waals surface area (Å²) in [6.07, 6.45) is 5.81. The zero-order chi connectivity index (χ0) is 30.0. The van der Waals surface area contributed by atoms with Crippen LogP contribution in [0.25, 0.3) is 12.2 Å². The Kier molecular flexibility index (Phi) is 9.64. The molecule has 7 heteroatoms. The molecule has 1 aliphatic heterocycles. The van der Waals surface area contributed by atoms with Gasteiger partial charge in [-0.05, 0) is 59.4 Å². The first-order chi connectivity index (χ1) is 21.0. The minimum Gasteiger partial charge on any atom is -0.334 e. The third-order valence-electron chi connectivity index (χ3n) is 7.60. The van der Waals surface area contributed by atoms with E-state index >= 15 is 0 Å². The van der Waals surface area contributed by atoms with Gasteiger partial charge in [-0.15, -0.1) is 0 Å². The maximum atomic E-state index is 13.4. The molecule has 0 aliphatic carbocycles. The molecule has 5 rings (SSSR count). The second-order valence-electron chi connectivity index (χ2n) is 10.6. The maximum Gasteiger partial charge on any atom is 0.319 e. The lowest BCUT2D eigenvalue weighted by molar-refractivity contribution is -0.136. The quantitative estimate of drug-likeness (QED) is 0.229. The first kappa shape index (κ1) is 29.3. The van der Waals surface area contributed by atoms with E-state index in [2.05, 4.69) is 10.6 Å². The summed E-state index contributed by atoms with van der Waals surface area (Å²) in [5, 5.41) is 5.70. The van der Waals surface area contributed by atoms with Crippen LogP contribution >= 0.6 is 0 Å². The van der Waals surface area contributed by atoms with Crippen molar-refractivity contribution in [3.05, 3.63) is 131 Å². The van der Waals surface area contributed by atoms with Gasteiger partial charge in [0.05, 0.1) is 6.42 Å². The Labute approximate surface area is 252 Å². The van der Waals surface area contributed by atoms with Crippen LogP contribution in [-0.2, 0) is 22.6 Å². The molecule has 1 heterocycles. The molecule has 2 N–H and O–H groups in total. The van der Waals surface area contributed by atoms with Crippen molar-refractivity contribution in [3.63, 3.8) is 0 Å². The third kappa shape index (κ3) is 7.98. The van der Waals surface area contributed by atoms with Gasteiger partial charge in [-0.1, -0.05) is 97.1 Å². The number of carbonyl (C=O) groups is 3. The summed E-state index contributed by atoms with van der Waals surface area (Å²) in [7, 11) is 1.77. The van der Waals surface area contributed by atoms with Crippen LogP contribution in [0.15, 0.2) is 109 Å². The number of benzene rings is 4. The number of hydrogen-bond acceptors (Lipinski definition) is 3. The van der Waals surface area contributed by atoms with Crippen LogP contribution in [0.2, 0.25) is 0 Å². The lowest BCUT2D eigenvalue weighted by atomic mass is 10.1. The molecule has 0 bridgehead atoms. The molecule has 4 aromatic carbocycles. The van der Waals surface area contributed by atoms with Crippen molar-refractivity contribution in [3.8, 4) is 0 Å². The van der Waals surface area contributed by atoms with Gasteiger partial charge in [-0.3, -0.25) is 9.59 Å². The maximum absolute atomic E-state index is 13.4. The smallest absolute Gasteiger partial charge is 0.319 e. The summed E-state index contributed by atoms with van der Waals surface area (Å²) in [5.41, 5.74) is 5.47. The molecule has 0 radical (unpaired) electrons. The topological polar surface area (TPSA) is 81.8 Å². The largest absolute Gasteiger partial charge is 0.334 e. The number of anilines is 2. The average Bonchev–Trinajstić information content (AvgIpc) is 3.54. The van der Waals surface area contributed by atoms with Crippen LogP contribution < -0.4 is 15.5 Å². The highest BCUT2D eigenvalue weighted by Crippen LogP contribution is 2.24. The SMILES string of the molecule is CN(C(=O)[C@@H]1CCCN1C(=O)Cc1ccccc1)c1ccc(/C=C/c2ccc(NC(=O)NCc3ccccc3)cc2)cc1. The molecule has 4 aromatic rings. The molecule has 0 aromatic heterocycles. The standard InChI is InChI=1S/C36H36N4O3/c1-39(35(42)33-13-8-24-40(33)34(41)25-29-9-4-2-5-10-29)32-22-18-28(19-23-32)15-14-27-16-20-31(21-17-27)38-36(43)37-26-30-11-6-3-7-12-30/h2-7,9-12,14-23,33H,8,13,24-26H2,1H3,(H2,37,38,43)/b15-14+/t33-/m0/s1. The molecule has 7 nitrogen and oxygen atoms in total. The van der Waals surface area contributed by atoms with Crippen LogP contribution in [0, 0.1) is 0 Å². The normalized spacial score (nSPS) is 14.4. The molecule has 1 aliphatic rings. The zero-order valence-electron chi connectivity index (χ0n) is 24.3. The van der Waals surface area contributed by atoms with E-state index in [1.54, 1.807) is 16.8 Å². The number of carbonyl (C=O) groups excluding carboxylic acids is 3. The van der Waals surface area contributed by atoms with Crippen LogP contribution in [0.4, 0.5) is 16.2 Å². The summed E-state index contributed by atoms with van der Waals surface area (Å²) in [6.45, 7) is 1.07. The fraction of sp³-hybridized carbons (Fsp3) is 0.194. The second kappa shape index (κ2) is 14.1. The van der Waals surface area contributed by atoms with Gasteiger partial charge in [0.15, 0.2) is 0 Å². The van der Waals surface area contributed by atoms with E-state index < -0.39 is 6.04 Å². The van der Waals surface area contributed by atoms with Crippen LogP contribution in [0.1, 0.15) is 35.1 Å². The van der Waals surface area contributed by atoms with Crippen molar-refractivity contribution < 1.29 is 14.4 Å². The predicted molar refractivity (Wildman–Crippen MR) is 172 cm³/mol. The number of amides is 4. The van der Waals surface area contributed by atoms with Crippen molar-refractivity contribution in [2.24, 2.45) is 0 Å². The van der Waals surface area contributed by atoms with Crippen molar-refractivity contribution >= 4 is 41.4 Å². The van der Waals surface area contributed by atoms with Gasteiger partial charge in [-0.2, -0.15) is 0 Å². The Hall–Kier alpha value is -5.17. The minimum absolute atomic E-state index is 0.00827. The molecule has 0 unspecified atom stereocenters. The van der Waals surface area contributed by atoms with E-state index in [0.717, 1.165) is 34.4 Å². The van der Waals surface area contributed by atoms with E-state index in [-0.39, 0.29) is 17.8 Å². The predicted octanol–water partition coefficient (Wildman–Crippen LogP) is 6.38. The number of likely N-dealkylation sites (tertiary alicyclic amines) is 1. The highest BCUT2D eigenvalue weighted by Gasteiger charge is 2.35. The molecular formula is C36H36N4O3. The Bertz CT molecular complexity index is 1550. The molecule has 1 atom stereocenters. The zero-order valence-corrected chi connectivity index (χ0v) is 24.3. The average molecular weight is 573 g/mol. The van der Waals surface area contributed by atoms with Gasteiger partial charge >= 0.3 is 6.03 Å². The molecule has 43 heavy (non-hydrogen) atoms. The van der Waals surface area contributed by atoms with Gasteiger partial charge in [0.25, 0.3) is 0 Å². The number of nitrogens with one attached hydrogen (secondary N) is 2. The van der Waals surface area contributed by atoms with Crippen LogP contribution in [-0.4, -0.2) is 42.4 Å². The summed E-state index contributed by atoms with van der Waals surface area (Å²) in [6, 6.07) is 34.1. The van der Waals surface area contributed by atoms with Crippen molar-refractivity contribution in [2.75, 3.05) is 23.8 Å². The van der Waals surface area contributed by atoms with Crippen molar-refractivity contribution in [1.82, 2.24) is 10.2 Å². The summed E-state index contributed by atoms with van der Waals surface area (Å²) < 4.78 is 0. The van der Waals surface area contributed by atoms with Gasteiger partial charge in [-0.25, -0.2) is 4.79 Å². The summed E-state index contributed by atoms with van der Waals surface area (Å²) in [4.78, 5) is 42.0. The molecule has 0 spiro atoms. The van der Waals surface area contributed by atoms with E-state index in [1.807, 2.05) is 121 Å². The highest BCUT2D eigenvalue weighted by atomic mass is 16.2. The number of likely N-dealkylation sites (N-methyl/N-ethyl adjacent to an activating group) is 1. The van der Waals surface area contributed by atoms with Crippen molar-refractivity contribution in [2.45, 2.75) is 31.8 Å². The Morgan fingerprint density at radius 1 is 0.791 bits per heavy atom. The highest BCUT2D eigenvalue weighted by molar-refractivity contribution is 5.99. The molecule has 4 amide bonds. The van der Waals surface area contributed by atoms with E-state index in [9.17, 15) is 14.4 Å². The fourth-order valence-corrected chi connectivity index (χ4v) is 5.18. The first-order valence-corrected chi connectivity index (χ1v) is 14.5. The van der Waals surface area contributed by atoms with Gasteiger partial charge < -0.3 is 20.4 Å².